The molecule has 0 spiro atoms. The summed E-state index contributed by atoms with van der Waals surface area (Å²) in [4.78, 5) is 13.7. The van der Waals surface area contributed by atoms with Gasteiger partial charge in [-0.3, -0.25) is 4.98 Å². The van der Waals surface area contributed by atoms with E-state index in [0.717, 1.165) is 74.8 Å². The van der Waals surface area contributed by atoms with Crippen molar-refractivity contribution in [1.82, 2.24) is 20.3 Å². The van der Waals surface area contributed by atoms with E-state index in [-0.39, 0.29) is 0 Å². The fourth-order valence-corrected chi connectivity index (χ4v) is 3.34. The summed E-state index contributed by atoms with van der Waals surface area (Å²) in [6.07, 6.45) is 8.03. The van der Waals surface area contributed by atoms with E-state index in [1.165, 1.54) is 5.56 Å². The molecule has 6 heteroatoms. The second kappa shape index (κ2) is 7.23. The van der Waals surface area contributed by atoms with Gasteiger partial charge in [0.25, 0.3) is 0 Å². The Morgan fingerprint density at radius 1 is 1.17 bits per heavy atom. The van der Waals surface area contributed by atoms with Crippen LogP contribution in [0.3, 0.4) is 0 Å². The Hall–Kier alpha value is -2.05. The summed E-state index contributed by atoms with van der Waals surface area (Å²) in [5, 5.41) is 6.98. The van der Waals surface area contributed by atoms with Crippen LogP contribution in [0.15, 0.2) is 24.5 Å². The molecule has 0 aliphatic carbocycles. The number of aromatic nitrogens is 3. The first-order valence-electron chi connectivity index (χ1n) is 8.76. The summed E-state index contributed by atoms with van der Waals surface area (Å²) in [6.45, 7) is 3.62. The molecule has 2 aromatic rings. The topological polar surface area (TPSA) is 72.0 Å². The number of hydrogen-bond donors (Lipinski definition) is 2. The van der Waals surface area contributed by atoms with Gasteiger partial charge in [-0.2, -0.15) is 0 Å². The zero-order chi connectivity index (χ0) is 16.2. The van der Waals surface area contributed by atoms with Crippen LogP contribution in [0, 0.1) is 0 Å². The standard InChI is InChI=1S/C18H23N5O/c1-2-14(24-11-1)12-21-18-15-5-9-20-10-6-16(15)22-17(23-18)13-3-7-19-8-4-13/h3-4,7-8,14,20H,1-2,5-6,9-12H2,(H,21,22,23)/t14-/m0/s1. The van der Waals surface area contributed by atoms with Gasteiger partial charge in [-0.1, -0.05) is 0 Å². The van der Waals surface area contributed by atoms with Crippen LogP contribution in [0.1, 0.15) is 24.1 Å². The lowest BCUT2D eigenvalue weighted by Gasteiger charge is -2.17. The van der Waals surface area contributed by atoms with Gasteiger partial charge in [0.15, 0.2) is 5.82 Å². The zero-order valence-electron chi connectivity index (χ0n) is 13.8. The van der Waals surface area contributed by atoms with Crippen molar-refractivity contribution in [3.05, 3.63) is 35.8 Å². The second-order valence-corrected chi connectivity index (χ2v) is 6.32. The highest BCUT2D eigenvalue weighted by molar-refractivity contribution is 5.59. The smallest absolute Gasteiger partial charge is 0.161 e. The van der Waals surface area contributed by atoms with Gasteiger partial charge in [0.1, 0.15) is 5.82 Å². The van der Waals surface area contributed by atoms with E-state index in [1.54, 1.807) is 12.4 Å². The molecule has 24 heavy (non-hydrogen) atoms. The second-order valence-electron chi connectivity index (χ2n) is 6.32. The lowest BCUT2D eigenvalue weighted by molar-refractivity contribution is 0.120. The molecule has 0 saturated carbocycles. The van der Waals surface area contributed by atoms with Gasteiger partial charge in [0.2, 0.25) is 0 Å². The lowest BCUT2D eigenvalue weighted by Crippen LogP contribution is -2.21. The average molecular weight is 325 g/mol. The molecule has 1 atom stereocenters. The molecule has 0 amide bonds. The first-order chi connectivity index (χ1) is 11.9. The fourth-order valence-electron chi connectivity index (χ4n) is 3.34. The van der Waals surface area contributed by atoms with Crippen molar-refractivity contribution < 1.29 is 4.74 Å². The highest BCUT2D eigenvalue weighted by Crippen LogP contribution is 2.25. The number of anilines is 1. The largest absolute Gasteiger partial charge is 0.376 e. The molecule has 2 N–H and O–H groups in total. The van der Waals surface area contributed by atoms with E-state index in [4.69, 9.17) is 14.7 Å². The molecule has 0 radical (unpaired) electrons. The summed E-state index contributed by atoms with van der Waals surface area (Å²) in [7, 11) is 0. The lowest BCUT2D eigenvalue weighted by atomic mass is 10.1. The molecule has 6 nitrogen and oxygen atoms in total. The Kier molecular flexibility index (Phi) is 4.66. The predicted octanol–water partition coefficient (Wildman–Crippen LogP) is 1.82. The fraction of sp³-hybridized carbons (Fsp3) is 0.500. The number of rotatable bonds is 4. The normalized spacial score (nSPS) is 20.4. The van der Waals surface area contributed by atoms with Crippen LogP contribution in [-0.4, -0.2) is 47.3 Å². The Morgan fingerprint density at radius 3 is 2.88 bits per heavy atom. The Balaban J connectivity index is 1.66. The first kappa shape index (κ1) is 15.5. The first-order valence-corrected chi connectivity index (χ1v) is 8.76. The van der Waals surface area contributed by atoms with Crippen LogP contribution in [-0.2, 0) is 17.6 Å². The minimum atomic E-state index is 0.295. The molecule has 4 rings (SSSR count). The number of fused-ring (bicyclic) bond motifs is 1. The molecule has 0 aromatic carbocycles. The Labute approximate surface area is 142 Å². The molecule has 2 aromatic heterocycles. The number of nitrogens with one attached hydrogen (secondary N) is 2. The van der Waals surface area contributed by atoms with Gasteiger partial charge in [0, 0.05) is 49.6 Å². The minimum absolute atomic E-state index is 0.295. The van der Waals surface area contributed by atoms with Crippen LogP contribution >= 0.6 is 0 Å². The van der Waals surface area contributed by atoms with Crippen LogP contribution in [0.5, 0.6) is 0 Å². The molecular formula is C18H23N5O. The molecule has 1 fully saturated rings. The average Bonchev–Trinajstić information content (AvgIpc) is 3.04. The monoisotopic (exact) mass is 325 g/mol. The van der Waals surface area contributed by atoms with Gasteiger partial charge in [-0.15, -0.1) is 0 Å². The van der Waals surface area contributed by atoms with E-state index >= 15 is 0 Å². The van der Waals surface area contributed by atoms with Crippen molar-refractivity contribution in [1.29, 1.82) is 0 Å². The maximum atomic E-state index is 5.73. The predicted molar refractivity (Wildman–Crippen MR) is 93.0 cm³/mol. The zero-order valence-corrected chi connectivity index (χ0v) is 13.8. The highest BCUT2D eigenvalue weighted by atomic mass is 16.5. The Morgan fingerprint density at radius 2 is 2.04 bits per heavy atom. The van der Waals surface area contributed by atoms with E-state index < -0.39 is 0 Å². The van der Waals surface area contributed by atoms with Crippen molar-refractivity contribution in [3.63, 3.8) is 0 Å². The number of nitrogens with zero attached hydrogens (tertiary/aromatic N) is 3. The van der Waals surface area contributed by atoms with Crippen LogP contribution in [0.2, 0.25) is 0 Å². The molecule has 126 valence electrons. The molecule has 2 aliphatic rings. The van der Waals surface area contributed by atoms with E-state index in [0.29, 0.717) is 6.10 Å². The summed E-state index contributed by atoms with van der Waals surface area (Å²) < 4.78 is 5.73. The summed E-state index contributed by atoms with van der Waals surface area (Å²) >= 11 is 0. The van der Waals surface area contributed by atoms with E-state index in [1.807, 2.05) is 12.1 Å². The van der Waals surface area contributed by atoms with Crippen LogP contribution in [0.4, 0.5) is 5.82 Å². The third kappa shape index (κ3) is 3.39. The molecular weight excluding hydrogens is 302 g/mol. The quantitative estimate of drug-likeness (QED) is 0.893. The number of hydrogen-bond acceptors (Lipinski definition) is 6. The number of pyridine rings is 1. The van der Waals surface area contributed by atoms with Crippen LogP contribution in [0.25, 0.3) is 11.4 Å². The van der Waals surface area contributed by atoms with Crippen molar-refractivity contribution in [2.45, 2.75) is 31.8 Å². The van der Waals surface area contributed by atoms with Gasteiger partial charge in [-0.25, -0.2) is 9.97 Å². The van der Waals surface area contributed by atoms with Crippen molar-refractivity contribution in [3.8, 4) is 11.4 Å². The van der Waals surface area contributed by atoms with Gasteiger partial charge >= 0.3 is 0 Å². The van der Waals surface area contributed by atoms with E-state index in [2.05, 4.69) is 15.6 Å². The molecule has 1 saturated heterocycles. The third-order valence-electron chi connectivity index (χ3n) is 4.64. The SMILES string of the molecule is c1cc(-c2nc3c(c(NC[C@@H]4CCCO4)n2)CCNCC3)ccn1. The third-order valence-corrected chi connectivity index (χ3v) is 4.64. The molecule has 0 unspecified atom stereocenters. The molecule has 2 aliphatic heterocycles. The Bertz CT molecular complexity index is 685. The van der Waals surface area contributed by atoms with Gasteiger partial charge < -0.3 is 15.4 Å². The van der Waals surface area contributed by atoms with Crippen LogP contribution < -0.4 is 10.6 Å². The van der Waals surface area contributed by atoms with Crippen molar-refractivity contribution in [2.24, 2.45) is 0 Å². The maximum Gasteiger partial charge on any atom is 0.161 e. The van der Waals surface area contributed by atoms with Crippen molar-refractivity contribution >= 4 is 5.82 Å². The number of ether oxygens (including phenoxy) is 1. The highest BCUT2D eigenvalue weighted by Gasteiger charge is 2.20. The van der Waals surface area contributed by atoms with Gasteiger partial charge in [0.05, 0.1) is 11.8 Å². The molecule has 0 bridgehead atoms. The maximum absolute atomic E-state index is 5.73. The minimum Gasteiger partial charge on any atom is -0.376 e. The summed E-state index contributed by atoms with van der Waals surface area (Å²) in [5.74, 6) is 1.74. The van der Waals surface area contributed by atoms with Gasteiger partial charge in [-0.05, 0) is 37.9 Å². The molecule has 4 heterocycles. The van der Waals surface area contributed by atoms with E-state index in [9.17, 15) is 0 Å². The van der Waals surface area contributed by atoms with Crippen molar-refractivity contribution in [2.75, 3.05) is 31.6 Å². The summed E-state index contributed by atoms with van der Waals surface area (Å²) in [6, 6.07) is 3.92. The summed E-state index contributed by atoms with van der Waals surface area (Å²) in [5.41, 5.74) is 3.40.